The van der Waals surface area contributed by atoms with Crippen LogP contribution in [0.25, 0.3) is 10.9 Å². The van der Waals surface area contributed by atoms with Crippen LogP contribution in [0.3, 0.4) is 0 Å². The van der Waals surface area contributed by atoms with Crippen LogP contribution >= 0.6 is 0 Å². The number of benzene rings is 2. The van der Waals surface area contributed by atoms with Crippen molar-refractivity contribution in [2.45, 2.75) is 32.4 Å². The molecule has 0 saturated carbocycles. The van der Waals surface area contributed by atoms with E-state index in [0.29, 0.717) is 16.5 Å². The lowest BCUT2D eigenvalue weighted by Crippen LogP contribution is -2.27. The Balaban J connectivity index is 1.29. The van der Waals surface area contributed by atoms with Crippen molar-refractivity contribution in [3.63, 3.8) is 0 Å². The van der Waals surface area contributed by atoms with E-state index in [1.54, 1.807) is 48.5 Å². The van der Waals surface area contributed by atoms with Gasteiger partial charge in [-0.05, 0) is 42.7 Å². The van der Waals surface area contributed by atoms with Crippen LogP contribution in [-0.2, 0) is 22.7 Å². The van der Waals surface area contributed by atoms with E-state index in [4.69, 9.17) is 4.74 Å². The maximum Gasteiger partial charge on any atom is 0.308 e. The summed E-state index contributed by atoms with van der Waals surface area (Å²) >= 11 is 0. The maximum atomic E-state index is 12.4. The summed E-state index contributed by atoms with van der Waals surface area (Å²) in [5, 5.41) is 8.32. The molecular formula is C22H22N4O4. The Labute approximate surface area is 173 Å². The topological polar surface area (TPSA) is 94.4 Å². The van der Waals surface area contributed by atoms with Gasteiger partial charge < -0.3 is 9.64 Å². The molecule has 3 aromatic rings. The minimum atomic E-state index is -0.436. The van der Waals surface area contributed by atoms with Crippen molar-refractivity contribution in [2.24, 2.45) is 0 Å². The zero-order chi connectivity index (χ0) is 20.9. The molecule has 2 heterocycles. The zero-order valence-electron chi connectivity index (χ0n) is 16.5. The predicted octanol–water partition coefficient (Wildman–Crippen LogP) is 2.16. The van der Waals surface area contributed by atoms with Crippen molar-refractivity contribution >= 4 is 22.8 Å². The number of aromatic nitrogens is 3. The Hall–Kier alpha value is -3.55. The van der Waals surface area contributed by atoms with E-state index in [1.807, 2.05) is 4.90 Å². The second-order valence-corrected chi connectivity index (χ2v) is 7.24. The number of fused-ring (bicyclic) bond motifs is 1. The van der Waals surface area contributed by atoms with Gasteiger partial charge in [-0.3, -0.25) is 14.4 Å². The standard InChI is InChI=1S/C22H22N4O4/c27-20(11-14-26-22(29)18-5-1-2-6-19(18)23-24-26)30-15-16-7-9-17(10-8-16)21(28)25-12-3-4-13-25/h1-2,5-10H,3-4,11-15H2. The molecule has 0 bridgehead atoms. The van der Waals surface area contributed by atoms with Gasteiger partial charge in [0, 0.05) is 18.7 Å². The van der Waals surface area contributed by atoms with Crippen molar-refractivity contribution in [3.8, 4) is 0 Å². The smallest absolute Gasteiger partial charge is 0.308 e. The number of carbonyl (C=O) groups excluding carboxylic acids is 2. The van der Waals surface area contributed by atoms with Gasteiger partial charge in [0.15, 0.2) is 0 Å². The minimum absolute atomic E-state index is 0.0124. The number of rotatable bonds is 6. The van der Waals surface area contributed by atoms with E-state index >= 15 is 0 Å². The van der Waals surface area contributed by atoms with Crippen LogP contribution in [-0.4, -0.2) is 44.9 Å². The van der Waals surface area contributed by atoms with Gasteiger partial charge in [0.25, 0.3) is 11.5 Å². The average molecular weight is 406 g/mol. The molecule has 154 valence electrons. The van der Waals surface area contributed by atoms with Gasteiger partial charge in [-0.1, -0.05) is 29.5 Å². The third kappa shape index (κ3) is 4.37. The van der Waals surface area contributed by atoms with Crippen LogP contribution in [0.4, 0.5) is 0 Å². The number of likely N-dealkylation sites (tertiary alicyclic amines) is 1. The number of hydrogen-bond donors (Lipinski definition) is 0. The number of esters is 1. The van der Waals surface area contributed by atoms with Gasteiger partial charge in [0.1, 0.15) is 12.1 Å². The van der Waals surface area contributed by atoms with E-state index in [-0.39, 0.29) is 31.0 Å². The number of ether oxygens (including phenoxy) is 1. The molecule has 30 heavy (non-hydrogen) atoms. The zero-order valence-corrected chi connectivity index (χ0v) is 16.5. The van der Waals surface area contributed by atoms with Crippen LogP contribution in [0.1, 0.15) is 35.2 Å². The quantitative estimate of drug-likeness (QED) is 0.582. The SMILES string of the molecule is O=C(CCn1nnc2ccccc2c1=O)OCc1ccc(C(=O)N2CCCC2)cc1. The van der Waals surface area contributed by atoms with E-state index in [9.17, 15) is 14.4 Å². The molecule has 0 atom stereocenters. The van der Waals surface area contributed by atoms with Crippen molar-refractivity contribution in [1.82, 2.24) is 19.9 Å². The molecule has 1 saturated heterocycles. The second-order valence-electron chi connectivity index (χ2n) is 7.24. The highest BCUT2D eigenvalue weighted by atomic mass is 16.5. The monoisotopic (exact) mass is 406 g/mol. The van der Waals surface area contributed by atoms with E-state index < -0.39 is 5.97 Å². The first-order valence-corrected chi connectivity index (χ1v) is 9.98. The van der Waals surface area contributed by atoms with Crippen molar-refractivity contribution in [3.05, 3.63) is 70.0 Å². The normalized spacial score (nSPS) is 13.5. The Morgan fingerprint density at radius 1 is 1.00 bits per heavy atom. The third-order valence-corrected chi connectivity index (χ3v) is 5.15. The van der Waals surface area contributed by atoms with Crippen LogP contribution in [0.2, 0.25) is 0 Å². The van der Waals surface area contributed by atoms with Gasteiger partial charge in [-0.15, -0.1) is 5.10 Å². The van der Waals surface area contributed by atoms with Gasteiger partial charge in [-0.2, -0.15) is 0 Å². The van der Waals surface area contributed by atoms with Crippen molar-refractivity contribution in [2.75, 3.05) is 13.1 Å². The Morgan fingerprint density at radius 2 is 1.73 bits per heavy atom. The molecule has 1 aliphatic rings. The molecular weight excluding hydrogens is 384 g/mol. The summed E-state index contributed by atoms with van der Waals surface area (Å²) in [5.41, 5.74) is 1.67. The minimum Gasteiger partial charge on any atom is -0.461 e. The second kappa shape index (κ2) is 8.86. The summed E-state index contributed by atoms with van der Waals surface area (Å²) in [6.45, 7) is 1.82. The first-order valence-electron chi connectivity index (χ1n) is 9.98. The predicted molar refractivity (Wildman–Crippen MR) is 110 cm³/mol. The summed E-state index contributed by atoms with van der Waals surface area (Å²) in [6, 6.07) is 14.0. The molecule has 0 aliphatic carbocycles. The number of hydrogen-bond acceptors (Lipinski definition) is 6. The molecule has 1 aliphatic heterocycles. The first kappa shape index (κ1) is 19.8. The highest BCUT2D eigenvalue weighted by Crippen LogP contribution is 2.14. The molecule has 8 heteroatoms. The van der Waals surface area contributed by atoms with E-state index in [1.165, 1.54) is 4.68 Å². The number of aryl methyl sites for hydroxylation is 1. The summed E-state index contributed by atoms with van der Waals surface area (Å²) in [5.74, 6) is -0.396. The number of nitrogens with zero attached hydrogens (tertiary/aromatic N) is 4. The third-order valence-electron chi connectivity index (χ3n) is 5.15. The van der Waals surface area contributed by atoms with Crippen molar-refractivity contribution in [1.29, 1.82) is 0 Å². The molecule has 0 unspecified atom stereocenters. The number of amides is 1. The summed E-state index contributed by atoms with van der Waals surface area (Å²) in [4.78, 5) is 38.7. The Bertz CT molecular complexity index is 1120. The lowest BCUT2D eigenvalue weighted by atomic mass is 10.1. The van der Waals surface area contributed by atoms with Gasteiger partial charge in [-0.25, -0.2) is 4.68 Å². The molecule has 1 amide bonds. The highest BCUT2D eigenvalue weighted by molar-refractivity contribution is 5.94. The summed E-state index contributed by atoms with van der Waals surface area (Å²) < 4.78 is 6.45. The van der Waals surface area contributed by atoms with E-state index in [2.05, 4.69) is 10.3 Å². The molecule has 0 N–H and O–H groups in total. The molecule has 0 radical (unpaired) electrons. The molecule has 8 nitrogen and oxygen atoms in total. The highest BCUT2D eigenvalue weighted by Gasteiger charge is 2.19. The van der Waals surface area contributed by atoms with Crippen LogP contribution in [0.5, 0.6) is 0 Å². The number of carbonyl (C=O) groups is 2. The van der Waals surface area contributed by atoms with Gasteiger partial charge in [0.2, 0.25) is 0 Å². The largest absolute Gasteiger partial charge is 0.461 e. The first-order chi connectivity index (χ1) is 14.6. The Kier molecular flexibility index (Phi) is 5.83. The maximum absolute atomic E-state index is 12.4. The van der Waals surface area contributed by atoms with Crippen molar-refractivity contribution < 1.29 is 14.3 Å². The van der Waals surface area contributed by atoms with E-state index in [0.717, 1.165) is 31.5 Å². The average Bonchev–Trinajstić information content (AvgIpc) is 3.32. The Morgan fingerprint density at radius 3 is 2.50 bits per heavy atom. The molecule has 1 aromatic heterocycles. The summed E-state index contributed by atoms with van der Waals surface area (Å²) in [7, 11) is 0. The van der Waals surface area contributed by atoms with Crippen LogP contribution in [0.15, 0.2) is 53.3 Å². The summed E-state index contributed by atoms with van der Waals surface area (Å²) in [6.07, 6.45) is 2.12. The molecule has 0 spiro atoms. The molecule has 2 aromatic carbocycles. The lowest BCUT2D eigenvalue weighted by Gasteiger charge is -2.15. The fourth-order valence-electron chi connectivity index (χ4n) is 3.45. The van der Waals surface area contributed by atoms with Gasteiger partial charge in [0.05, 0.1) is 18.4 Å². The van der Waals surface area contributed by atoms with Crippen LogP contribution < -0.4 is 5.56 Å². The lowest BCUT2D eigenvalue weighted by molar-refractivity contribution is -0.145. The van der Waals surface area contributed by atoms with Gasteiger partial charge >= 0.3 is 5.97 Å². The van der Waals surface area contributed by atoms with Crippen LogP contribution in [0, 0.1) is 0 Å². The molecule has 1 fully saturated rings. The fourth-order valence-corrected chi connectivity index (χ4v) is 3.45. The molecule has 4 rings (SSSR count). The fraction of sp³-hybridized carbons (Fsp3) is 0.318.